The highest BCUT2D eigenvalue weighted by Crippen LogP contribution is 2.11. The molecule has 79 heavy (non-hydrogen) atoms. The summed E-state index contributed by atoms with van der Waals surface area (Å²) in [5.41, 5.74) is 0. The number of esters is 3. The fourth-order valence-electron chi connectivity index (χ4n) is 7.32. The lowest BCUT2D eigenvalue weighted by Crippen LogP contribution is -2.30. The fourth-order valence-corrected chi connectivity index (χ4v) is 7.32. The van der Waals surface area contributed by atoms with Crippen molar-refractivity contribution in [3.8, 4) is 0 Å². The zero-order valence-electron chi connectivity index (χ0n) is 49.8. The van der Waals surface area contributed by atoms with Crippen molar-refractivity contribution < 1.29 is 28.6 Å². The minimum absolute atomic E-state index is 0.140. The van der Waals surface area contributed by atoms with Gasteiger partial charge in [-0.15, -0.1) is 0 Å². The van der Waals surface area contributed by atoms with E-state index in [0.29, 0.717) is 19.3 Å². The zero-order chi connectivity index (χ0) is 57.1. The van der Waals surface area contributed by atoms with Gasteiger partial charge in [0.15, 0.2) is 6.10 Å². The number of carbonyl (C=O) groups excluding carboxylic acids is 3. The molecule has 0 fully saturated rings. The average molecular weight is 1080 g/mol. The summed E-state index contributed by atoms with van der Waals surface area (Å²) in [5, 5.41) is 0. The van der Waals surface area contributed by atoms with Crippen molar-refractivity contribution in [2.24, 2.45) is 0 Å². The van der Waals surface area contributed by atoms with Crippen LogP contribution in [0.4, 0.5) is 0 Å². The van der Waals surface area contributed by atoms with Gasteiger partial charge in [-0.05, 0) is 154 Å². The normalized spacial score (nSPS) is 13.6. The van der Waals surface area contributed by atoms with Gasteiger partial charge < -0.3 is 14.2 Å². The molecule has 0 aliphatic rings. The summed E-state index contributed by atoms with van der Waals surface area (Å²) in [6.45, 7) is 6.16. The third-order valence-corrected chi connectivity index (χ3v) is 11.8. The first-order chi connectivity index (χ1) is 39.0. The van der Waals surface area contributed by atoms with Gasteiger partial charge in [0, 0.05) is 19.3 Å². The standard InChI is InChI=1S/C73H108O6/c1-4-7-10-13-16-19-22-25-28-30-31-32-33-34-35-36-37-38-39-40-41-43-45-48-51-54-57-60-63-66-72(75)78-69-70(68-77-71(74)65-62-59-56-53-50-47-44-27-24-21-18-15-12-9-6-3)79-73(76)67-64-61-58-55-52-49-46-42-29-26-23-20-17-14-11-8-5-2/h7-12,16-21,25-29,31-32,34-35,37-38,40-41,44-46,48-49,54-55,57-58,70H,4-6,13-15,22-24,30,33,36,39,42-43,47,50-53,56,59-69H2,1-3H3/b10-7-,11-8-,12-9-,19-16-,20-17-,21-18-,28-25-,29-26-,32-31-,35-34-,38-37-,41-40-,44-27-,48-45-,49-46-,57-54-,58-55-. The van der Waals surface area contributed by atoms with E-state index in [4.69, 9.17) is 14.2 Å². The van der Waals surface area contributed by atoms with Gasteiger partial charge in [-0.3, -0.25) is 14.4 Å². The van der Waals surface area contributed by atoms with Crippen molar-refractivity contribution in [2.75, 3.05) is 13.2 Å². The fraction of sp³-hybridized carbons (Fsp3) is 0.493. The lowest BCUT2D eigenvalue weighted by molar-refractivity contribution is -0.167. The van der Waals surface area contributed by atoms with Crippen molar-refractivity contribution in [1.29, 1.82) is 0 Å². The number of hydrogen-bond acceptors (Lipinski definition) is 6. The summed E-state index contributed by atoms with van der Waals surface area (Å²) in [6.07, 6.45) is 99.8. The molecule has 0 amide bonds. The molecule has 0 aliphatic carbocycles. The first kappa shape index (κ1) is 73.0. The third-order valence-electron chi connectivity index (χ3n) is 11.8. The first-order valence-electron chi connectivity index (χ1n) is 30.6. The Labute approximate surface area is 483 Å². The molecule has 0 aromatic rings. The molecule has 0 aliphatic heterocycles. The summed E-state index contributed by atoms with van der Waals surface area (Å²) < 4.78 is 16.8. The molecule has 0 N–H and O–H groups in total. The molecule has 0 rings (SSSR count). The largest absolute Gasteiger partial charge is 0.462 e. The second-order valence-electron chi connectivity index (χ2n) is 19.1. The van der Waals surface area contributed by atoms with Crippen LogP contribution in [0.3, 0.4) is 0 Å². The molecule has 0 heterocycles. The van der Waals surface area contributed by atoms with Gasteiger partial charge in [0.05, 0.1) is 0 Å². The maximum absolute atomic E-state index is 12.9. The Morgan fingerprint density at radius 1 is 0.253 bits per heavy atom. The average Bonchev–Trinajstić information content (AvgIpc) is 3.45. The molecular formula is C73H108O6. The molecule has 0 radical (unpaired) electrons. The van der Waals surface area contributed by atoms with Crippen molar-refractivity contribution in [3.63, 3.8) is 0 Å². The monoisotopic (exact) mass is 1080 g/mol. The van der Waals surface area contributed by atoms with Crippen LogP contribution in [-0.2, 0) is 28.6 Å². The summed E-state index contributed by atoms with van der Waals surface area (Å²) in [7, 11) is 0. The molecule has 0 saturated heterocycles. The molecular weight excluding hydrogens is 973 g/mol. The topological polar surface area (TPSA) is 78.9 Å². The van der Waals surface area contributed by atoms with E-state index in [1.54, 1.807) is 0 Å². The second kappa shape index (κ2) is 64.5. The Bertz CT molecular complexity index is 1960. The predicted octanol–water partition coefficient (Wildman–Crippen LogP) is 21.2. The van der Waals surface area contributed by atoms with Crippen molar-refractivity contribution in [2.45, 2.75) is 219 Å². The smallest absolute Gasteiger partial charge is 0.306 e. The molecule has 0 saturated carbocycles. The maximum Gasteiger partial charge on any atom is 0.306 e. The lowest BCUT2D eigenvalue weighted by atomic mass is 10.1. The molecule has 0 bridgehead atoms. The third kappa shape index (κ3) is 62.7. The van der Waals surface area contributed by atoms with E-state index in [9.17, 15) is 14.4 Å². The van der Waals surface area contributed by atoms with Crippen LogP contribution in [0.2, 0.25) is 0 Å². The Morgan fingerprint density at radius 3 is 0.759 bits per heavy atom. The van der Waals surface area contributed by atoms with E-state index < -0.39 is 12.1 Å². The van der Waals surface area contributed by atoms with Gasteiger partial charge in [0.25, 0.3) is 0 Å². The summed E-state index contributed by atoms with van der Waals surface area (Å²) in [4.78, 5) is 38.2. The Morgan fingerprint density at radius 2 is 0.468 bits per heavy atom. The quantitative estimate of drug-likeness (QED) is 0.0261. The van der Waals surface area contributed by atoms with Crippen molar-refractivity contribution >= 4 is 17.9 Å². The van der Waals surface area contributed by atoms with E-state index in [0.717, 1.165) is 161 Å². The summed E-state index contributed by atoms with van der Waals surface area (Å²) in [6, 6.07) is 0. The number of hydrogen-bond donors (Lipinski definition) is 0. The van der Waals surface area contributed by atoms with E-state index in [-0.39, 0.29) is 38.0 Å². The Hall–Kier alpha value is -6.01. The number of unbranched alkanes of at least 4 members (excludes halogenated alkanes) is 7. The van der Waals surface area contributed by atoms with Crippen LogP contribution in [0.15, 0.2) is 207 Å². The van der Waals surface area contributed by atoms with Crippen LogP contribution in [0.1, 0.15) is 213 Å². The second-order valence-corrected chi connectivity index (χ2v) is 19.1. The van der Waals surface area contributed by atoms with Gasteiger partial charge in [0.1, 0.15) is 13.2 Å². The number of carbonyl (C=O) groups is 3. The summed E-state index contributed by atoms with van der Waals surface area (Å²) in [5.74, 6) is -1.09. The summed E-state index contributed by atoms with van der Waals surface area (Å²) >= 11 is 0. The van der Waals surface area contributed by atoms with Crippen LogP contribution >= 0.6 is 0 Å². The highest BCUT2D eigenvalue weighted by atomic mass is 16.6. The molecule has 1 unspecified atom stereocenters. The van der Waals surface area contributed by atoms with E-state index in [1.807, 2.05) is 0 Å². The van der Waals surface area contributed by atoms with Gasteiger partial charge in [-0.1, -0.05) is 247 Å². The molecule has 6 heteroatoms. The molecule has 1 atom stereocenters. The molecule has 436 valence electrons. The van der Waals surface area contributed by atoms with Crippen LogP contribution in [0, 0.1) is 0 Å². The van der Waals surface area contributed by atoms with Crippen molar-refractivity contribution in [3.05, 3.63) is 207 Å². The highest BCUT2D eigenvalue weighted by Gasteiger charge is 2.19. The van der Waals surface area contributed by atoms with Crippen molar-refractivity contribution in [1.82, 2.24) is 0 Å². The number of allylic oxidation sites excluding steroid dienone is 34. The molecule has 6 nitrogen and oxygen atoms in total. The Balaban J connectivity index is 4.58. The van der Waals surface area contributed by atoms with E-state index >= 15 is 0 Å². The van der Waals surface area contributed by atoms with Crippen LogP contribution in [0.25, 0.3) is 0 Å². The minimum atomic E-state index is -0.853. The van der Waals surface area contributed by atoms with Crippen LogP contribution in [-0.4, -0.2) is 37.2 Å². The van der Waals surface area contributed by atoms with Crippen LogP contribution in [0.5, 0.6) is 0 Å². The van der Waals surface area contributed by atoms with Crippen LogP contribution < -0.4 is 0 Å². The highest BCUT2D eigenvalue weighted by molar-refractivity contribution is 5.71. The maximum atomic E-state index is 12.9. The minimum Gasteiger partial charge on any atom is -0.462 e. The van der Waals surface area contributed by atoms with Gasteiger partial charge in [-0.2, -0.15) is 0 Å². The Kier molecular flexibility index (Phi) is 59.6. The van der Waals surface area contributed by atoms with Gasteiger partial charge in [0.2, 0.25) is 0 Å². The van der Waals surface area contributed by atoms with E-state index in [2.05, 4.69) is 227 Å². The predicted molar refractivity (Wildman–Crippen MR) is 343 cm³/mol. The van der Waals surface area contributed by atoms with Gasteiger partial charge >= 0.3 is 17.9 Å². The number of ether oxygens (including phenoxy) is 3. The first-order valence-corrected chi connectivity index (χ1v) is 30.6. The molecule has 0 spiro atoms. The molecule has 0 aromatic heterocycles. The van der Waals surface area contributed by atoms with E-state index in [1.165, 1.54) is 0 Å². The SMILES string of the molecule is CC/C=C\C/C=C\C/C=C\C/C=C\C/C=C\C/C=C\C/C=C\C/C=C\C/C=C\CCCC(=O)OCC(COC(=O)CCCCCCC/C=C\C/C=C\C/C=C\CC)OC(=O)CCC/C=C\C/C=C\C/C=C\C/C=C\C/C=C\CC. The molecule has 0 aromatic carbocycles. The zero-order valence-corrected chi connectivity index (χ0v) is 49.8. The number of rotatable bonds is 52. The van der Waals surface area contributed by atoms with Gasteiger partial charge in [-0.25, -0.2) is 0 Å². The lowest BCUT2D eigenvalue weighted by Gasteiger charge is -2.18.